The van der Waals surface area contributed by atoms with E-state index >= 15 is 0 Å². The normalized spacial score (nSPS) is 16.7. The minimum atomic E-state index is 0.296. The molecule has 1 aliphatic rings. The van der Waals surface area contributed by atoms with Gasteiger partial charge in [0.2, 0.25) is 0 Å². The van der Waals surface area contributed by atoms with Crippen LogP contribution in [0.2, 0.25) is 0 Å². The molecular weight excluding hydrogens is 124 g/mol. The molecule has 0 amide bonds. The number of carbonyl (C=O) groups excluding carboxylic acids is 1. The quantitative estimate of drug-likeness (QED) is 0.532. The molecule has 10 heavy (non-hydrogen) atoms. The van der Waals surface area contributed by atoms with Crippen LogP contribution in [0.1, 0.15) is 26.2 Å². The van der Waals surface area contributed by atoms with E-state index in [1.54, 1.807) is 0 Å². The fraction of sp³-hybridized carbons (Fsp3) is 0.444. The molecule has 1 aliphatic carbocycles. The van der Waals surface area contributed by atoms with Gasteiger partial charge in [-0.3, -0.25) is 4.79 Å². The van der Waals surface area contributed by atoms with Crippen molar-refractivity contribution >= 4 is 5.78 Å². The van der Waals surface area contributed by atoms with Gasteiger partial charge >= 0.3 is 0 Å². The van der Waals surface area contributed by atoms with Crippen LogP contribution in [0.5, 0.6) is 0 Å². The minimum absolute atomic E-state index is 0.296. The topological polar surface area (TPSA) is 17.1 Å². The highest BCUT2D eigenvalue weighted by Gasteiger charge is 2.05. The summed E-state index contributed by atoms with van der Waals surface area (Å²) in [7, 11) is 0. The van der Waals surface area contributed by atoms with Crippen molar-refractivity contribution < 1.29 is 4.79 Å². The maximum Gasteiger partial charge on any atom is 0.158 e. The summed E-state index contributed by atoms with van der Waals surface area (Å²) in [6, 6.07) is 0. The molecule has 0 spiro atoms. The van der Waals surface area contributed by atoms with Crippen molar-refractivity contribution in [2.24, 2.45) is 0 Å². The maximum absolute atomic E-state index is 11.1. The molecule has 0 radical (unpaired) electrons. The summed E-state index contributed by atoms with van der Waals surface area (Å²) in [6.07, 6.45) is 8.58. The second-order valence-electron chi connectivity index (χ2n) is 2.42. The summed E-state index contributed by atoms with van der Waals surface area (Å²) in [4.78, 5) is 11.1. The molecule has 0 aromatic carbocycles. The van der Waals surface area contributed by atoms with Crippen LogP contribution in [-0.4, -0.2) is 5.78 Å². The highest BCUT2D eigenvalue weighted by molar-refractivity contribution is 5.95. The number of ketones is 1. The monoisotopic (exact) mass is 136 g/mol. The van der Waals surface area contributed by atoms with Gasteiger partial charge in [0.1, 0.15) is 0 Å². The first-order chi connectivity index (χ1) is 4.84. The van der Waals surface area contributed by atoms with Crippen LogP contribution in [0, 0.1) is 0 Å². The van der Waals surface area contributed by atoms with E-state index in [1.807, 2.05) is 13.0 Å². The lowest BCUT2D eigenvalue weighted by Crippen LogP contribution is -2.01. The third-order valence-electron chi connectivity index (χ3n) is 1.68. The highest BCUT2D eigenvalue weighted by atomic mass is 16.1. The zero-order valence-corrected chi connectivity index (χ0v) is 6.26. The molecule has 0 N–H and O–H groups in total. The minimum Gasteiger partial charge on any atom is -0.295 e. The van der Waals surface area contributed by atoms with Crippen molar-refractivity contribution in [3.8, 4) is 0 Å². The molecule has 0 heterocycles. The molecule has 0 atom stereocenters. The molecule has 0 aromatic rings. The molecule has 1 heteroatoms. The molecular formula is C9H12O. The zero-order chi connectivity index (χ0) is 7.40. The first kappa shape index (κ1) is 7.26. The average Bonchev–Trinajstić information content (AvgIpc) is 2.05. The lowest BCUT2D eigenvalue weighted by Gasteiger charge is -2.04. The zero-order valence-electron chi connectivity index (χ0n) is 6.26. The van der Waals surface area contributed by atoms with Crippen LogP contribution in [0.3, 0.4) is 0 Å². The van der Waals surface area contributed by atoms with Gasteiger partial charge < -0.3 is 0 Å². The van der Waals surface area contributed by atoms with E-state index in [-0.39, 0.29) is 0 Å². The fourth-order valence-corrected chi connectivity index (χ4v) is 1.05. The summed E-state index contributed by atoms with van der Waals surface area (Å²) in [5.41, 5.74) is 0.991. The molecule has 54 valence electrons. The van der Waals surface area contributed by atoms with Gasteiger partial charge in [0, 0.05) is 6.42 Å². The maximum atomic E-state index is 11.1. The van der Waals surface area contributed by atoms with E-state index < -0.39 is 0 Å². The third kappa shape index (κ3) is 1.56. The van der Waals surface area contributed by atoms with Crippen LogP contribution < -0.4 is 0 Å². The van der Waals surface area contributed by atoms with Crippen molar-refractivity contribution in [3.05, 3.63) is 23.8 Å². The van der Waals surface area contributed by atoms with E-state index in [2.05, 4.69) is 12.2 Å². The van der Waals surface area contributed by atoms with E-state index in [0.29, 0.717) is 12.2 Å². The predicted molar refractivity (Wildman–Crippen MR) is 41.8 cm³/mol. The van der Waals surface area contributed by atoms with Crippen molar-refractivity contribution in [3.63, 3.8) is 0 Å². The second-order valence-corrected chi connectivity index (χ2v) is 2.42. The van der Waals surface area contributed by atoms with E-state index in [4.69, 9.17) is 0 Å². The molecule has 0 saturated heterocycles. The fourth-order valence-electron chi connectivity index (χ4n) is 1.05. The van der Waals surface area contributed by atoms with Gasteiger partial charge in [0.25, 0.3) is 0 Å². The van der Waals surface area contributed by atoms with Crippen molar-refractivity contribution in [1.29, 1.82) is 0 Å². The predicted octanol–water partition coefficient (Wildman–Crippen LogP) is 2.24. The Balaban J connectivity index is 2.56. The first-order valence-corrected chi connectivity index (χ1v) is 3.72. The van der Waals surface area contributed by atoms with Gasteiger partial charge in [-0.15, -0.1) is 0 Å². The molecule has 1 rings (SSSR count). The van der Waals surface area contributed by atoms with Crippen molar-refractivity contribution in [1.82, 2.24) is 0 Å². The Morgan fingerprint density at radius 1 is 1.60 bits per heavy atom. The van der Waals surface area contributed by atoms with Gasteiger partial charge in [-0.1, -0.05) is 25.2 Å². The lowest BCUT2D eigenvalue weighted by molar-refractivity contribution is -0.115. The Kier molecular flexibility index (Phi) is 2.43. The second kappa shape index (κ2) is 3.35. The smallest absolute Gasteiger partial charge is 0.158 e. The van der Waals surface area contributed by atoms with Gasteiger partial charge in [-0.05, 0) is 18.4 Å². The number of hydrogen-bond donors (Lipinski definition) is 0. The van der Waals surface area contributed by atoms with Crippen molar-refractivity contribution in [2.75, 3.05) is 0 Å². The Morgan fingerprint density at radius 2 is 2.40 bits per heavy atom. The average molecular weight is 136 g/mol. The first-order valence-electron chi connectivity index (χ1n) is 3.72. The van der Waals surface area contributed by atoms with Crippen LogP contribution in [0.25, 0.3) is 0 Å². The Morgan fingerprint density at radius 3 is 2.90 bits per heavy atom. The SMILES string of the molecule is CCC(=O)C1=CCC=CC1. The number of Topliss-reactive ketones (excluding diaryl/α,β-unsaturated/α-hetero) is 1. The Bertz CT molecular complexity index is 187. The summed E-state index contributed by atoms with van der Waals surface area (Å²) < 4.78 is 0. The third-order valence-corrected chi connectivity index (χ3v) is 1.68. The number of allylic oxidation sites excluding steroid dienone is 4. The van der Waals surface area contributed by atoms with Crippen LogP contribution in [0.15, 0.2) is 23.8 Å². The van der Waals surface area contributed by atoms with Gasteiger partial charge in [0.15, 0.2) is 5.78 Å². The molecule has 0 fully saturated rings. The summed E-state index contributed by atoms with van der Waals surface area (Å²) in [6.45, 7) is 1.90. The number of hydrogen-bond acceptors (Lipinski definition) is 1. The molecule has 0 aromatic heterocycles. The van der Waals surface area contributed by atoms with E-state index in [9.17, 15) is 4.79 Å². The molecule has 0 unspecified atom stereocenters. The van der Waals surface area contributed by atoms with Crippen LogP contribution in [-0.2, 0) is 4.79 Å². The molecule has 0 bridgehead atoms. The number of rotatable bonds is 2. The largest absolute Gasteiger partial charge is 0.295 e. The Labute approximate surface area is 61.4 Å². The van der Waals surface area contributed by atoms with Gasteiger partial charge in [-0.25, -0.2) is 0 Å². The van der Waals surface area contributed by atoms with Gasteiger partial charge in [0.05, 0.1) is 0 Å². The standard InChI is InChI=1S/C9H12O/c1-2-9(10)8-6-4-3-5-7-8/h3-4,7H,2,5-6H2,1H3. The molecule has 0 aliphatic heterocycles. The molecule has 1 nitrogen and oxygen atoms in total. The van der Waals surface area contributed by atoms with E-state index in [1.165, 1.54) is 0 Å². The van der Waals surface area contributed by atoms with E-state index in [0.717, 1.165) is 18.4 Å². The number of carbonyl (C=O) groups is 1. The van der Waals surface area contributed by atoms with Crippen LogP contribution >= 0.6 is 0 Å². The summed E-state index contributed by atoms with van der Waals surface area (Å²) >= 11 is 0. The van der Waals surface area contributed by atoms with Crippen LogP contribution in [0.4, 0.5) is 0 Å². The summed E-state index contributed by atoms with van der Waals surface area (Å²) in [5.74, 6) is 0.296. The van der Waals surface area contributed by atoms with Crippen molar-refractivity contribution in [2.45, 2.75) is 26.2 Å². The Hall–Kier alpha value is -0.850. The summed E-state index contributed by atoms with van der Waals surface area (Å²) in [5, 5.41) is 0. The highest BCUT2D eigenvalue weighted by Crippen LogP contribution is 2.12. The molecule has 0 saturated carbocycles. The lowest BCUT2D eigenvalue weighted by atomic mass is 10.0. The van der Waals surface area contributed by atoms with Gasteiger partial charge in [-0.2, -0.15) is 0 Å².